The summed E-state index contributed by atoms with van der Waals surface area (Å²) in [5.74, 6) is 0.337. The Morgan fingerprint density at radius 3 is 2.69 bits per heavy atom. The highest BCUT2D eigenvalue weighted by Gasteiger charge is 2.16. The van der Waals surface area contributed by atoms with E-state index >= 15 is 0 Å². The summed E-state index contributed by atoms with van der Waals surface area (Å²) in [6, 6.07) is 4.87. The lowest BCUT2D eigenvalue weighted by Gasteiger charge is -2.11. The standard InChI is InChI=1S/C12H15ClO3/c1-3-10(14)12(15)8-5-6-11(16-4-2)9(13)7-8/h5-7,12,15H,3-4H2,1-2H3. The molecule has 0 aliphatic heterocycles. The van der Waals surface area contributed by atoms with Gasteiger partial charge in [-0.2, -0.15) is 0 Å². The van der Waals surface area contributed by atoms with E-state index in [9.17, 15) is 9.90 Å². The van der Waals surface area contributed by atoms with Gasteiger partial charge in [0.25, 0.3) is 0 Å². The third-order valence-corrected chi connectivity index (χ3v) is 2.52. The van der Waals surface area contributed by atoms with Crippen LogP contribution in [0.4, 0.5) is 0 Å². The van der Waals surface area contributed by atoms with E-state index in [2.05, 4.69) is 0 Å². The quantitative estimate of drug-likeness (QED) is 0.864. The van der Waals surface area contributed by atoms with E-state index < -0.39 is 6.10 Å². The van der Waals surface area contributed by atoms with Gasteiger partial charge in [0, 0.05) is 6.42 Å². The molecule has 0 aromatic heterocycles. The number of halogens is 1. The SMILES string of the molecule is CCOc1ccc(C(O)C(=O)CC)cc1Cl. The first kappa shape index (κ1) is 13.0. The fourth-order valence-corrected chi connectivity index (χ4v) is 1.58. The molecule has 1 unspecified atom stereocenters. The summed E-state index contributed by atoms with van der Waals surface area (Å²) in [5, 5.41) is 10.1. The summed E-state index contributed by atoms with van der Waals surface area (Å²) in [5.41, 5.74) is 0.500. The third-order valence-electron chi connectivity index (χ3n) is 2.22. The molecule has 1 N–H and O–H groups in total. The van der Waals surface area contributed by atoms with Gasteiger partial charge in [0.2, 0.25) is 0 Å². The van der Waals surface area contributed by atoms with Crippen LogP contribution in [0.2, 0.25) is 5.02 Å². The molecule has 1 rings (SSSR count). The van der Waals surface area contributed by atoms with Crippen LogP contribution in [0.1, 0.15) is 31.9 Å². The molecule has 0 heterocycles. The number of benzene rings is 1. The number of carbonyl (C=O) groups excluding carboxylic acids is 1. The van der Waals surface area contributed by atoms with Crippen molar-refractivity contribution in [2.24, 2.45) is 0 Å². The summed E-state index contributed by atoms with van der Waals surface area (Å²) < 4.78 is 5.26. The summed E-state index contributed by atoms with van der Waals surface area (Å²) in [6.07, 6.45) is -0.801. The third kappa shape index (κ3) is 2.97. The first-order valence-electron chi connectivity index (χ1n) is 5.23. The maximum Gasteiger partial charge on any atom is 0.165 e. The highest BCUT2D eigenvalue weighted by Crippen LogP contribution is 2.28. The Labute approximate surface area is 100.0 Å². The first-order chi connectivity index (χ1) is 7.60. The van der Waals surface area contributed by atoms with Gasteiger partial charge < -0.3 is 9.84 Å². The van der Waals surface area contributed by atoms with Crippen molar-refractivity contribution in [2.45, 2.75) is 26.4 Å². The Balaban J connectivity index is 2.92. The van der Waals surface area contributed by atoms with Crippen LogP contribution in [0.15, 0.2) is 18.2 Å². The molecule has 0 bridgehead atoms. The van der Waals surface area contributed by atoms with Crippen molar-refractivity contribution in [3.05, 3.63) is 28.8 Å². The summed E-state index contributed by atoms with van der Waals surface area (Å²) >= 11 is 5.95. The van der Waals surface area contributed by atoms with Crippen LogP contribution in [-0.2, 0) is 4.79 Å². The maximum absolute atomic E-state index is 11.3. The zero-order chi connectivity index (χ0) is 12.1. The van der Waals surface area contributed by atoms with Crippen molar-refractivity contribution in [3.8, 4) is 5.75 Å². The zero-order valence-electron chi connectivity index (χ0n) is 9.37. The lowest BCUT2D eigenvalue weighted by atomic mass is 10.0. The van der Waals surface area contributed by atoms with Gasteiger partial charge in [0.1, 0.15) is 11.9 Å². The fraction of sp³-hybridized carbons (Fsp3) is 0.417. The molecule has 4 heteroatoms. The van der Waals surface area contributed by atoms with E-state index in [1.54, 1.807) is 25.1 Å². The second kappa shape index (κ2) is 5.87. The Morgan fingerprint density at radius 2 is 2.19 bits per heavy atom. The molecule has 0 saturated heterocycles. The summed E-state index contributed by atoms with van der Waals surface area (Å²) in [6.45, 7) is 4.09. The number of Topliss-reactive ketones (excluding diaryl/α,β-unsaturated/α-hetero) is 1. The molecule has 3 nitrogen and oxygen atoms in total. The monoisotopic (exact) mass is 242 g/mol. The van der Waals surface area contributed by atoms with Crippen molar-refractivity contribution >= 4 is 17.4 Å². The van der Waals surface area contributed by atoms with Crippen LogP contribution in [0.3, 0.4) is 0 Å². The van der Waals surface area contributed by atoms with E-state index in [1.807, 2.05) is 6.92 Å². The van der Waals surface area contributed by atoms with Crippen molar-refractivity contribution in [1.82, 2.24) is 0 Å². The number of hydrogen-bond donors (Lipinski definition) is 1. The normalized spacial score (nSPS) is 12.2. The predicted octanol–water partition coefficient (Wildman–Crippen LogP) is 2.75. The number of aliphatic hydroxyl groups is 1. The summed E-state index contributed by atoms with van der Waals surface area (Å²) in [7, 11) is 0. The zero-order valence-corrected chi connectivity index (χ0v) is 10.1. The highest BCUT2D eigenvalue weighted by atomic mass is 35.5. The van der Waals surface area contributed by atoms with Crippen LogP contribution in [0.5, 0.6) is 5.75 Å². The molecule has 88 valence electrons. The molecule has 0 radical (unpaired) electrons. The van der Waals surface area contributed by atoms with Gasteiger partial charge in [-0.15, -0.1) is 0 Å². The van der Waals surface area contributed by atoms with Crippen LogP contribution in [0, 0.1) is 0 Å². The van der Waals surface area contributed by atoms with Gasteiger partial charge in [-0.25, -0.2) is 0 Å². The first-order valence-corrected chi connectivity index (χ1v) is 5.61. The minimum atomic E-state index is -1.10. The van der Waals surface area contributed by atoms with E-state index in [-0.39, 0.29) is 5.78 Å². The molecule has 0 aliphatic rings. The number of ketones is 1. The van der Waals surface area contributed by atoms with Crippen LogP contribution >= 0.6 is 11.6 Å². The Hall–Kier alpha value is -1.06. The predicted molar refractivity (Wildman–Crippen MR) is 62.9 cm³/mol. The van der Waals surface area contributed by atoms with Gasteiger partial charge >= 0.3 is 0 Å². The molecule has 1 atom stereocenters. The van der Waals surface area contributed by atoms with E-state index in [0.717, 1.165) is 0 Å². The van der Waals surface area contributed by atoms with Crippen LogP contribution in [-0.4, -0.2) is 17.5 Å². The molecule has 0 fully saturated rings. The van der Waals surface area contributed by atoms with Crippen molar-refractivity contribution < 1.29 is 14.6 Å². The Kier molecular flexibility index (Phi) is 4.77. The molecule has 0 saturated carbocycles. The number of carbonyl (C=O) groups is 1. The number of hydrogen-bond acceptors (Lipinski definition) is 3. The fourth-order valence-electron chi connectivity index (χ4n) is 1.34. The number of aliphatic hydroxyl groups excluding tert-OH is 1. The van der Waals surface area contributed by atoms with E-state index in [0.29, 0.717) is 29.4 Å². The highest BCUT2D eigenvalue weighted by molar-refractivity contribution is 6.32. The minimum Gasteiger partial charge on any atom is -0.492 e. The molecule has 0 spiro atoms. The maximum atomic E-state index is 11.3. The van der Waals surface area contributed by atoms with Crippen LogP contribution < -0.4 is 4.74 Å². The largest absolute Gasteiger partial charge is 0.492 e. The van der Waals surface area contributed by atoms with Gasteiger partial charge in [-0.05, 0) is 24.6 Å². The van der Waals surface area contributed by atoms with Crippen molar-refractivity contribution in [3.63, 3.8) is 0 Å². The lowest BCUT2D eigenvalue weighted by molar-refractivity contribution is -0.127. The van der Waals surface area contributed by atoms with E-state index in [1.165, 1.54) is 0 Å². The molecular weight excluding hydrogens is 228 g/mol. The van der Waals surface area contributed by atoms with E-state index in [4.69, 9.17) is 16.3 Å². The van der Waals surface area contributed by atoms with Crippen molar-refractivity contribution in [2.75, 3.05) is 6.61 Å². The molecule has 16 heavy (non-hydrogen) atoms. The topological polar surface area (TPSA) is 46.5 Å². The van der Waals surface area contributed by atoms with Gasteiger partial charge in [-0.3, -0.25) is 4.79 Å². The second-order valence-electron chi connectivity index (χ2n) is 3.35. The molecule has 0 amide bonds. The van der Waals surface area contributed by atoms with Gasteiger partial charge in [-0.1, -0.05) is 24.6 Å². The van der Waals surface area contributed by atoms with Crippen molar-refractivity contribution in [1.29, 1.82) is 0 Å². The minimum absolute atomic E-state index is 0.222. The molecule has 1 aromatic rings. The molecular formula is C12H15ClO3. The average Bonchev–Trinajstić information content (AvgIpc) is 2.30. The molecule has 1 aromatic carbocycles. The number of rotatable bonds is 5. The number of ether oxygens (including phenoxy) is 1. The molecule has 0 aliphatic carbocycles. The van der Waals surface area contributed by atoms with Gasteiger partial charge in [0.05, 0.1) is 11.6 Å². The van der Waals surface area contributed by atoms with Gasteiger partial charge in [0.15, 0.2) is 5.78 Å². The lowest BCUT2D eigenvalue weighted by Crippen LogP contribution is -2.10. The average molecular weight is 243 g/mol. The summed E-state index contributed by atoms with van der Waals surface area (Å²) in [4.78, 5) is 11.3. The smallest absolute Gasteiger partial charge is 0.165 e. The Bertz CT molecular complexity index is 377. The Morgan fingerprint density at radius 1 is 1.50 bits per heavy atom. The second-order valence-corrected chi connectivity index (χ2v) is 3.75. The van der Waals surface area contributed by atoms with Crippen LogP contribution in [0.25, 0.3) is 0 Å².